The predicted molar refractivity (Wildman–Crippen MR) is 51.9 cm³/mol. The van der Waals surface area contributed by atoms with Gasteiger partial charge in [0, 0.05) is 0 Å². The molecule has 6 atom stereocenters. The van der Waals surface area contributed by atoms with Crippen molar-refractivity contribution < 1.29 is 49.0 Å². The maximum absolute atomic E-state index is 13.5. The summed E-state index contributed by atoms with van der Waals surface area (Å²) in [4.78, 5) is 17.2. The summed E-state index contributed by atoms with van der Waals surface area (Å²) in [6, 6.07) is 0. The molecule has 7 N–H and O–H groups in total. The van der Waals surface area contributed by atoms with Crippen LogP contribution in [0.2, 0.25) is 0 Å². The smallest absolute Gasteiger partial charge is 0.365 e. The van der Waals surface area contributed by atoms with Crippen molar-refractivity contribution in [2.45, 2.75) is 36.1 Å². The van der Waals surface area contributed by atoms with Crippen molar-refractivity contribution in [3.8, 4) is 0 Å². The molecule has 1 aliphatic rings. The summed E-state index contributed by atoms with van der Waals surface area (Å²) in [5, 5.41) is 46.4. The third-order valence-electron chi connectivity index (χ3n) is 2.63. The van der Waals surface area contributed by atoms with E-state index in [4.69, 9.17) is 14.9 Å². The van der Waals surface area contributed by atoms with Gasteiger partial charge < -0.3 is 40.1 Å². The quantitative estimate of drug-likeness (QED) is 0.262. The van der Waals surface area contributed by atoms with E-state index in [0.29, 0.717) is 0 Å². The van der Waals surface area contributed by atoms with Crippen molar-refractivity contribution in [3.05, 3.63) is 0 Å². The van der Waals surface area contributed by atoms with Gasteiger partial charge in [0.25, 0.3) is 5.91 Å². The second-order valence-corrected chi connectivity index (χ2v) is 5.57. The Hall–Kier alpha value is -0.160. The summed E-state index contributed by atoms with van der Waals surface area (Å²) in [5.41, 5.74) is 0. The van der Waals surface area contributed by atoms with Crippen molar-refractivity contribution >= 4 is 7.60 Å². The summed E-state index contributed by atoms with van der Waals surface area (Å²) < 4.78 is 28.6. The van der Waals surface area contributed by atoms with Crippen LogP contribution in [0.1, 0.15) is 0 Å². The summed E-state index contributed by atoms with van der Waals surface area (Å²) in [7, 11) is -5.49. The number of ether oxygens (including phenoxy) is 1. The summed E-state index contributed by atoms with van der Waals surface area (Å²) in [6.45, 7) is -0.971. The molecular weight excluding hydrogens is 278 g/mol. The molecular formula is C7H14FO9P. The Bertz CT molecular complexity index is 346. The lowest BCUT2D eigenvalue weighted by Gasteiger charge is -2.46. The number of rotatable bonds is 3. The minimum Gasteiger partial charge on any atom is -0.394 e. The van der Waals surface area contributed by atoms with E-state index in [1.165, 1.54) is 0 Å². The average molecular weight is 292 g/mol. The maximum Gasteiger partial charge on any atom is 0.365 e. The minimum atomic E-state index is -5.49. The van der Waals surface area contributed by atoms with Gasteiger partial charge in [-0.15, -0.1) is 0 Å². The van der Waals surface area contributed by atoms with Gasteiger partial charge in [-0.25, -0.2) is 4.39 Å². The fourth-order valence-corrected chi connectivity index (χ4v) is 2.31. The molecule has 0 aromatic carbocycles. The molecule has 0 saturated carbocycles. The number of halogens is 1. The Morgan fingerprint density at radius 3 is 2.17 bits per heavy atom. The van der Waals surface area contributed by atoms with Crippen LogP contribution in [-0.4, -0.2) is 78.0 Å². The van der Waals surface area contributed by atoms with E-state index in [9.17, 15) is 29.4 Å². The SMILES string of the molecule is O=P(O)(O)[C@H](F)[C@]1(O)O[C@H](CO)[C@@H](O)[C@H](O)[C@H]1O. The van der Waals surface area contributed by atoms with Crippen LogP contribution < -0.4 is 0 Å². The van der Waals surface area contributed by atoms with E-state index < -0.39 is 50.3 Å². The molecule has 0 radical (unpaired) electrons. The standard InChI is InChI=1S/C7H14FO9P/c8-6(18(14,15)16)7(13)5(12)4(11)3(10)2(1-9)17-7/h2-6,9-13H,1H2,(H2,14,15,16)/t2-,3-,4+,5-,6+,7-/m1/s1. The first-order chi connectivity index (χ1) is 8.05. The predicted octanol–water partition coefficient (Wildman–Crippen LogP) is -3.38. The number of aliphatic hydroxyl groups is 5. The number of hydrogen-bond acceptors (Lipinski definition) is 7. The summed E-state index contributed by atoms with van der Waals surface area (Å²) in [6.07, 6.45) is -8.21. The molecule has 108 valence electrons. The molecule has 0 amide bonds. The van der Waals surface area contributed by atoms with Gasteiger partial charge in [-0.3, -0.25) is 4.57 Å². The van der Waals surface area contributed by atoms with Gasteiger partial charge in [0.2, 0.25) is 5.79 Å². The van der Waals surface area contributed by atoms with Gasteiger partial charge in [0.1, 0.15) is 24.4 Å². The molecule has 1 fully saturated rings. The van der Waals surface area contributed by atoms with Gasteiger partial charge in [-0.05, 0) is 0 Å². The first-order valence-electron chi connectivity index (χ1n) is 4.80. The molecule has 0 bridgehead atoms. The van der Waals surface area contributed by atoms with Crippen LogP contribution in [0.5, 0.6) is 0 Å². The summed E-state index contributed by atoms with van der Waals surface area (Å²) >= 11 is 0. The van der Waals surface area contributed by atoms with Crippen molar-refractivity contribution in [1.29, 1.82) is 0 Å². The molecule has 0 unspecified atom stereocenters. The van der Waals surface area contributed by atoms with E-state index in [1.807, 2.05) is 0 Å². The molecule has 9 nitrogen and oxygen atoms in total. The topological polar surface area (TPSA) is 168 Å². The second kappa shape index (κ2) is 5.08. The van der Waals surface area contributed by atoms with Crippen LogP contribution in [0.4, 0.5) is 4.39 Å². The Balaban J connectivity index is 3.10. The van der Waals surface area contributed by atoms with E-state index in [-0.39, 0.29) is 0 Å². The third kappa shape index (κ3) is 2.57. The number of aliphatic hydroxyl groups excluding tert-OH is 4. The van der Waals surface area contributed by atoms with Crippen LogP contribution in [0.25, 0.3) is 0 Å². The van der Waals surface area contributed by atoms with Crippen LogP contribution >= 0.6 is 7.60 Å². The Morgan fingerprint density at radius 2 is 1.78 bits per heavy atom. The normalized spacial score (nSPS) is 43.8. The van der Waals surface area contributed by atoms with Gasteiger partial charge in [-0.2, -0.15) is 0 Å². The van der Waals surface area contributed by atoms with Crippen LogP contribution in [0.3, 0.4) is 0 Å². The molecule has 1 aliphatic heterocycles. The lowest BCUT2D eigenvalue weighted by molar-refractivity contribution is -0.359. The molecule has 1 heterocycles. The zero-order valence-corrected chi connectivity index (χ0v) is 9.76. The molecule has 0 aromatic heterocycles. The van der Waals surface area contributed by atoms with Gasteiger partial charge in [0.05, 0.1) is 6.61 Å². The Labute approximate surface area is 100 Å². The molecule has 11 heteroatoms. The zero-order chi connectivity index (χ0) is 14.3. The largest absolute Gasteiger partial charge is 0.394 e. The average Bonchev–Trinajstić information content (AvgIpc) is 2.29. The molecule has 0 spiro atoms. The highest BCUT2D eigenvalue weighted by Crippen LogP contribution is 2.50. The lowest BCUT2D eigenvalue weighted by atomic mass is 9.93. The van der Waals surface area contributed by atoms with Crippen molar-refractivity contribution in [2.75, 3.05) is 6.61 Å². The lowest BCUT2D eigenvalue weighted by Crippen LogP contribution is -2.68. The fourth-order valence-electron chi connectivity index (χ4n) is 1.62. The highest BCUT2D eigenvalue weighted by molar-refractivity contribution is 7.52. The van der Waals surface area contributed by atoms with E-state index >= 15 is 0 Å². The first-order valence-corrected chi connectivity index (χ1v) is 6.48. The Morgan fingerprint density at radius 1 is 1.28 bits per heavy atom. The number of alkyl halides is 1. The molecule has 1 rings (SSSR count). The van der Waals surface area contributed by atoms with E-state index in [1.54, 1.807) is 0 Å². The number of hydrogen-bond donors (Lipinski definition) is 7. The molecule has 0 aromatic rings. The van der Waals surface area contributed by atoms with Crippen molar-refractivity contribution in [3.63, 3.8) is 0 Å². The van der Waals surface area contributed by atoms with E-state index in [0.717, 1.165) is 0 Å². The Kier molecular flexibility index (Phi) is 4.49. The van der Waals surface area contributed by atoms with Crippen LogP contribution in [0, 0.1) is 0 Å². The van der Waals surface area contributed by atoms with Crippen molar-refractivity contribution in [1.82, 2.24) is 0 Å². The highest BCUT2D eigenvalue weighted by atomic mass is 31.2. The van der Waals surface area contributed by atoms with Gasteiger partial charge >= 0.3 is 7.60 Å². The highest BCUT2D eigenvalue weighted by Gasteiger charge is 2.61. The zero-order valence-electron chi connectivity index (χ0n) is 8.87. The van der Waals surface area contributed by atoms with Crippen LogP contribution in [0.15, 0.2) is 0 Å². The van der Waals surface area contributed by atoms with Gasteiger partial charge in [-0.1, -0.05) is 0 Å². The molecule has 0 aliphatic carbocycles. The van der Waals surface area contributed by atoms with Crippen molar-refractivity contribution in [2.24, 2.45) is 0 Å². The maximum atomic E-state index is 13.5. The minimum absolute atomic E-state index is 0.971. The summed E-state index contributed by atoms with van der Waals surface area (Å²) in [5.74, 6) is -6.79. The van der Waals surface area contributed by atoms with Crippen LogP contribution in [-0.2, 0) is 9.30 Å². The first kappa shape index (κ1) is 15.9. The monoisotopic (exact) mass is 292 g/mol. The second-order valence-electron chi connectivity index (χ2n) is 3.94. The third-order valence-corrected chi connectivity index (χ3v) is 3.60. The fraction of sp³-hybridized carbons (Fsp3) is 1.00. The molecule has 18 heavy (non-hydrogen) atoms. The molecule has 1 saturated heterocycles. The van der Waals surface area contributed by atoms with E-state index in [2.05, 4.69) is 4.74 Å². The van der Waals surface area contributed by atoms with Gasteiger partial charge in [0.15, 0.2) is 0 Å².